The van der Waals surface area contributed by atoms with Gasteiger partial charge in [0.25, 0.3) is 5.69 Å². The highest BCUT2D eigenvalue weighted by atomic mass is 32.2. The van der Waals surface area contributed by atoms with E-state index in [9.17, 15) is 27.7 Å². The standard InChI is InChI=1S/C22H26FN3O5S/c1-15-4-9-20(26(28)29)14-21(15)32(30,31)25-12-10-18(11-13-25)22(27)24(3)16(2)17-5-7-19(23)8-6-17/h4-9,14,16,18H,10-13H2,1-3H3. The van der Waals surface area contributed by atoms with Crippen LogP contribution in [0, 0.1) is 28.8 Å². The molecule has 1 atom stereocenters. The van der Waals surface area contributed by atoms with E-state index in [-0.39, 0.29) is 47.4 Å². The molecule has 1 aliphatic heterocycles. The summed E-state index contributed by atoms with van der Waals surface area (Å²) >= 11 is 0. The molecule has 0 bridgehead atoms. The first kappa shape index (κ1) is 23.8. The molecule has 1 unspecified atom stereocenters. The predicted molar refractivity (Wildman–Crippen MR) is 117 cm³/mol. The van der Waals surface area contributed by atoms with Gasteiger partial charge in [0.1, 0.15) is 5.82 Å². The predicted octanol–water partition coefficient (Wildman–Crippen LogP) is 3.66. The van der Waals surface area contributed by atoms with Crippen molar-refractivity contribution in [3.63, 3.8) is 0 Å². The van der Waals surface area contributed by atoms with E-state index in [0.29, 0.717) is 18.4 Å². The van der Waals surface area contributed by atoms with Gasteiger partial charge in [0.2, 0.25) is 15.9 Å². The molecule has 10 heteroatoms. The summed E-state index contributed by atoms with van der Waals surface area (Å²) in [5.41, 5.74) is 0.959. The first-order chi connectivity index (χ1) is 15.0. The Bertz CT molecular complexity index is 1110. The lowest BCUT2D eigenvalue weighted by Crippen LogP contribution is -2.44. The van der Waals surface area contributed by atoms with Gasteiger partial charge in [0, 0.05) is 38.2 Å². The lowest BCUT2D eigenvalue weighted by Gasteiger charge is -2.34. The summed E-state index contributed by atoms with van der Waals surface area (Å²) in [5.74, 6) is -0.770. The van der Waals surface area contributed by atoms with Crippen LogP contribution < -0.4 is 0 Å². The summed E-state index contributed by atoms with van der Waals surface area (Å²) in [6.45, 7) is 3.76. The molecule has 0 radical (unpaired) electrons. The lowest BCUT2D eigenvalue weighted by molar-refractivity contribution is -0.385. The molecular weight excluding hydrogens is 437 g/mol. The molecule has 1 aliphatic rings. The van der Waals surface area contributed by atoms with Gasteiger partial charge in [0.05, 0.1) is 15.9 Å². The van der Waals surface area contributed by atoms with E-state index in [0.717, 1.165) is 11.6 Å². The van der Waals surface area contributed by atoms with Gasteiger partial charge in [-0.15, -0.1) is 0 Å². The van der Waals surface area contributed by atoms with Gasteiger partial charge in [-0.05, 0) is 49.9 Å². The molecule has 2 aromatic rings. The van der Waals surface area contributed by atoms with E-state index in [1.807, 2.05) is 6.92 Å². The minimum Gasteiger partial charge on any atom is -0.339 e. The molecule has 0 saturated carbocycles. The zero-order valence-electron chi connectivity index (χ0n) is 18.2. The number of halogens is 1. The third-order valence-corrected chi connectivity index (χ3v) is 8.13. The van der Waals surface area contributed by atoms with Gasteiger partial charge in [-0.25, -0.2) is 12.8 Å². The Kier molecular flexibility index (Phi) is 6.94. The van der Waals surface area contributed by atoms with E-state index in [1.54, 1.807) is 31.0 Å². The fraction of sp³-hybridized carbons (Fsp3) is 0.409. The topological polar surface area (TPSA) is 101 Å². The van der Waals surface area contributed by atoms with Crippen molar-refractivity contribution in [3.05, 3.63) is 69.5 Å². The Balaban J connectivity index is 1.69. The maximum absolute atomic E-state index is 13.2. The quantitative estimate of drug-likeness (QED) is 0.481. The van der Waals surface area contributed by atoms with Crippen LogP contribution in [0.1, 0.15) is 36.9 Å². The summed E-state index contributed by atoms with van der Waals surface area (Å²) in [5, 5.41) is 11.1. The van der Waals surface area contributed by atoms with Crippen LogP contribution in [0.4, 0.5) is 10.1 Å². The normalized spacial score (nSPS) is 16.5. The SMILES string of the molecule is Cc1ccc([N+](=O)[O-])cc1S(=O)(=O)N1CCC(C(=O)N(C)C(C)c2ccc(F)cc2)CC1. The summed E-state index contributed by atoms with van der Waals surface area (Å²) in [6, 6.07) is 9.51. The zero-order chi connectivity index (χ0) is 23.6. The van der Waals surface area contributed by atoms with Crippen molar-refractivity contribution in [1.82, 2.24) is 9.21 Å². The highest BCUT2D eigenvalue weighted by Crippen LogP contribution is 2.30. The van der Waals surface area contributed by atoms with Gasteiger partial charge < -0.3 is 4.90 Å². The molecule has 1 saturated heterocycles. The Hall–Kier alpha value is -2.85. The first-order valence-electron chi connectivity index (χ1n) is 10.3. The lowest BCUT2D eigenvalue weighted by atomic mass is 9.95. The van der Waals surface area contributed by atoms with Crippen LogP contribution in [0.2, 0.25) is 0 Å². The second kappa shape index (κ2) is 9.33. The number of carbonyl (C=O) groups excluding carboxylic acids is 1. The second-order valence-electron chi connectivity index (χ2n) is 8.06. The van der Waals surface area contributed by atoms with Crippen LogP contribution in [-0.4, -0.2) is 48.6 Å². The van der Waals surface area contributed by atoms with Crippen molar-refractivity contribution in [2.45, 2.75) is 37.6 Å². The third kappa shape index (κ3) is 4.81. The van der Waals surface area contributed by atoms with Crippen molar-refractivity contribution >= 4 is 21.6 Å². The van der Waals surface area contributed by atoms with Gasteiger partial charge in [0.15, 0.2) is 0 Å². The molecule has 1 heterocycles. The third-order valence-electron chi connectivity index (χ3n) is 6.08. The zero-order valence-corrected chi connectivity index (χ0v) is 19.0. The summed E-state index contributed by atoms with van der Waals surface area (Å²) in [6.07, 6.45) is 0.707. The largest absolute Gasteiger partial charge is 0.339 e. The molecule has 0 N–H and O–H groups in total. The number of hydrogen-bond donors (Lipinski definition) is 0. The van der Waals surface area contributed by atoms with Gasteiger partial charge >= 0.3 is 0 Å². The van der Waals surface area contributed by atoms with Crippen LogP contribution in [0.3, 0.4) is 0 Å². The average Bonchev–Trinajstić information content (AvgIpc) is 2.78. The van der Waals surface area contributed by atoms with E-state index < -0.39 is 14.9 Å². The average molecular weight is 464 g/mol. The van der Waals surface area contributed by atoms with Gasteiger partial charge in [-0.3, -0.25) is 14.9 Å². The Morgan fingerprint density at radius 3 is 2.34 bits per heavy atom. The van der Waals surface area contributed by atoms with E-state index >= 15 is 0 Å². The fourth-order valence-corrected chi connectivity index (χ4v) is 5.62. The summed E-state index contributed by atoms with van der Waals surface area (Å²) in [7, 11) is -2.23. The molecule has 32 heavy (non-hydrogen) atoms. The maximum Gasteiger partial charge on any atom is 0.270 e. The van der Waals surface area contributed by atoms with Crippen molar-refractivity contribution in [2.24, 2.45) is 5.92 Å². The number of sulfonamides is 1. The molecular formula is C22H26FN3O5S. The number of benzene rings is 2. The number of nitro groups is 1. The Morgan fingerprint density at radius 2 is 1.78 bits per heavy atom. The van der Waals surface area contributed by atoms with Crippen molar-refractivity contribution in [1.29, 1.82) is 0 Å². The molecule has 0 aromatic heterocycles. The highest BCUT2D eigenvalue weighted by molar-refractivity contribution is 7.89. The van der Waals surface area contributed by atoms with Crippen molar-refractivity contribution < 1.29 is 22.5 Å². The summed E-state index contributed by atoms with van der Waals surface area (Å²) in [4.78, 5) is 24.9. The Morgan fingerprint density at radius 1 is 1.19 bits per heavy atom. The van der Waals surface area contributed by atoms with Crippen LogP contribution in [0.25, 0.3) is 0 Å². The molecule has 1 fully saturated rings. The van der Waals surface area contributed by atoms with E-state index in [2.05, 4.69) is 0 Å². The number of piperidine rings is 1. The second-order valence-corrected chi connectivity index (χ2v) is 9.97. The number of aryl methyl sites for hydroxylation is 1. The maximum atomic E-state index is 13.2. The fourth-order valence-electron chi connectivity index (χ4n) is 3.91. The van der Waals surface area contributed by atoms with Crippen molar-refractivity contribution in [2.75, 3.05) is 20.1 Å². The van der Waals surface area contributed by atoms with E-state index in [1.165, 1.54) is 28.6 Å². The molecule has 0 spiro atoms. The molecule has 2 aromatic carbocycles. The van der Waals surface area contributed by atoms with Crippen LogP contribution in [0.5, 0.6) is 0 Å². The van der Waals surface area contributed by atoms with Crippen LogP contribution in [-0.2, 0) is 14.8 Å². The molecule has 172 valence electrons. The Labute approximate surface area is 186 Å². The van der Waals surface area contributed by atoms with Crippen LogP contribution >= 0.6 is 0 Å². The van der Waals surface area contributed by atoms with Gasteiger partial charge in [-0.1, -0.05) is 18.2 Å². The minimum absolute atomic E-state index is 0.0847. The van der Waals surface area contributed by atoms with Gasteiger partial charge in [-0.2, -0.15) is 4.31 Å². The number of rotatable bonds is 6. The first-order valence-corrected chi connectivity index (χ1v) is 11.7. The molecule has 0 aliphatic carbocycles. The number of nitrogens with zero attached hydrogens (tertiary/aromatic N) is 3. The number of carbonyl (C=O) groups is 1. The van der Waals surface area contributed by atoms with Crippen LogP contribution in [0.15, 0.2) is 47.4 Å². The molecule has 8 nitrogen and oxygen atoms in total. The summed E-state index contributed by atoms with van der Waals surface area (Å²) < 4.78 is 40.6. The number of amides is 1. The smallest absolute Gasteiger partial charge is 0.270 e. The van der Waals surface area contributed by atoms with E-state index in [4.69, 9.17) is 0 Å². The highest BCUT2D eigenvalue weighted by Gasteiger charge is 2.35. The van der Waals surface area contributed by atoms with Crippen molar-refractivity contribution in [3.8, 4) is 0 Å². The monoisotopic (exact) mass is 463 g/mol. The number of hydrogen-bond acceptors (Lipinski definition) is 5. The molecule has 3 rings (SSSR count). The number of non-ortho nitro benzene ring substituents is 1. The minimum atomic E-state index is -3.91. The molecule has 1 amide bonds. The number of nitro benzene ring substituents is 1.